The summed E-state index contributed by atoms with van der Waals surface area (Å²) in [4.78, 5) is 36.4. The Balaban J connectivity index is 1.58. The molecule has 4 rings (SSSR count). The lowest BCUT2D eigenvalue weighted by Crippen LogP contribution is -2.34. The topological polar surface area (TPSA) is 83.4 Å². The van der Waals surface area contributed by atoms with Crippen molar-refractivity contribution < 1.29 is 4.79 Å². The second-order valence-electron chi connectivity index (χ2n) is 7.60. The highest BCUT2D eigenvalue weighted by Crippen LogP contribution is 2.23. The summed E-state index contributed by atoms with van der Waals surface area (Å²) in [6, 6.07) is 19.8. The first-order valence-electron chi connectivity index (χ1n) is 10.3. The largest absolute Gasteiger partial charge is 0.332 e. The highest BCUT2D eigenvalue weighted by atomic mass is 16.2. The van der Waals surface area contributed by atoms with Crippen molar-refractivity contribution in [1.82, 2.24) is 24.5 Å². The number of rotatable bonds is 7. The SMILES string of the molecule is Cc1nc2nc[nH]n2c(=O)c1CCC(=O)N(Cc1ccccc1)[C@@H](C)c1ccccc1. The Morgan fingerprint density at radius 3 is 2.48 bits per heavy atom. The molecule has 31 heavy (non-hydrogen) atoms. The summed E-state index contributed by atoms with van der Waals surface area (Å²) >= 11 is 0. The Kier molecular flexibility index (Phi) is 5.93. The molecule has 2 aromatic carbocycles. The first kappa shape index (κ1) is 20.5. The number of nitrogens with one attached hydrogen (secondary N) is 1. The van der Waals surface area contributed by atoms with E-state index in [0.29, 0.717) is 30.0 Å². The molecule has 1 atom stereocenters. The summed E-state index contributed by atoms with van der Waals surface area (Å²) in [7, 11) is 0. The zero-order chi connectivity index (χ0) is 21.8. The van der Waals surface area contributed by atoms with Crippen molar-refractivity contribution in [2.45, 2.75) is 39.3 Å². The van der Waals surface area contributed by atoms with Crippen LogP contribution in [0.15, 0.2) is 71.8 Å². The molecule has 7 nitrogen and oxygen atoms in total. The van der Waals surface area contributed by atoms with Crippen LogP contribution < -0.4 is 5.56 Å². The van der Waals surface area contributed by atoms with Gasteiger partial charge in [0.05, 0.1) is 11.7 Å². The second-order valence-corrected chi connectivity index (χ2v) is 7.60. The minimum absolute atomic E-state index is 0.00582. The number of hydrogen-bond donors (Lipinski definition) is 1. The van der Waals surface area contributed by atoms with E-state index >= 15 is 0 Å². The number of carbonyl (C=O) groups is 1. The van der Waals surface area contributed by atoms with E-state index in [9.17, 15) is 9.59 Å². The molecule has 1 N–H and O–H groups in total. The van der Waals surface area contributed by atoms with E-state index in [2.05, 4.69) is 15.1 Å². The standard InChI is InChI=1S/C24H25N5O2/c1-17-21(23(31)29-24(27-17)25-16-26-29)13-14-22(30)28(15-19-9-5-3-6-10-19)18(2)20-11-7-4-8-12-20/h3-12,16,18H,13-15H2,1-2H3,(H,25,26,27)/t18-/m0/s1. The Morgan fingerprint density at radius 2 is 1.77 bits per heavy atom. The van der Waals surface area contributed by atoms with Crippen molar-refractivity contribution in [2.24, 2.45) is 0 Å². The van der Waals surface area contributed by atoms with Gasteiger partial charge >= 0.3 is 0 Å². The molecule has 7 heteroatoms. The first-order chi connectivity index (χ1) is 15.0. The number of fused-ring (bicyclic) bond motifs is 1. The Labute approximate surface area is 180 Å². The third-order valence-electron chi connectivity index (χ3n) is 5.59. The van der Waals surface area contributed by atoms with Gasteiger partial charge in [-0.05, 0) is 31.4 Å². The lowest BCUT2D eigenvalue weighted by Gasteiger charge is -2.30. The molecule has 0 aliphatic heterocycles. The molecular weight excluding hydrogens is 390 g/mol. The van der Waals surface area contributed by atoms with Crippen LogP contribution in [-0.2, 0) is 17.8 Å². The van der Waals surface area contributed by atoms with Crippen molar-refractivity contribution in [3.63, 3.8) is 0 Å². The van der Waals surface area contributed by atoms with Crippen molar-refractivity contribution in [3.05, 3.63) is 99.7 Å². The third-order valence-corrected chi connectivity index (χ3v) is 5.59. The van der Waals surface area contributed by atoms with Crippen LogP contribution in [0.1, 0.15) is 41.8 Å². The summed E-state index contributed by atoms with van der Waals surface area (Å²) in [6.07, 6.45) is 1.98. The smallest absolute Gasteiger partial charge is 0.277 e. The Bertz CT molecular complexity index is 1230. The van der Waals surface area contributed by atoms with Crippen molar-refractivity contribution >= 4 is 11.7 Å². The van der Waals surface area contributed by atoms with E-state index in [0.717, 1.165) is 11.1 Å². The highest BCUT2D eigenvalue weighted by molar-refractivity contribution is 5.77. The van der Waals surface area contributed by atoms with Crippen LogP contribution in [0, 0.1) is 6.92 Å². The number of aromatic amines is 1. The summed E-state index contributed by atoms with van der Waals surface area (Å²) in [5, 5.41) is 2.77. The Morgan fingerprint density at radius 1 is 1.10 bits per heavy atom. The monoisotopic (exact) mass is 415 g/mol. The maximum atomic E-state index is 13.3. The number of aromatic nitrogens is 4. The maximum absolute atomic E-state index is 13.3. The van der Waals surface area contributed by atoms with Crippen molar-refractivity contribution in [1.29, 1.82) is 0 Å². The lowest BCUT2D eigenvalue weighted by molar-refractivity contribution is -0.134. The van der Waals surface area contributed by atoms with E-state index in [1.165, 1.54) is 10.8 Å². The molecule has 2 aromatic heterocycles. The van der Waals surface area contributed by atoms with Crippen LogP contribution in [0.5, 0.6) is 0 Å². The molecule has 0 spiro atoms. The van der Waals surface area contributed by atoms with E-state index < -0.39 is 0 Å². The van der Waals surface area contributed by atoms with E-state index in [1.54, 1.807) is 6.92 Å². The van der Waals surface area contributed by atoms with Gasteiger partial charge in [-0.25, -0.2) is 9.97 Å². The van der Waals surface area contributed by atoms with Gasteiger partial charge in [0, 0.05) is 18.5 Å². The van der Waals surface area contributed by atoms with E-state index in [4.69, 9.17) is 0 Å². The fraction of sp³-hybridized carbons (Fsp3) is 0.250. The first-order valence-corrected chi connectivity index (χ1v) is 10.3. The van der Waals surface area contributed by atoms with Gasteiger partial charge in [0.25, 0.3) is 11.3 Å². The van der Waals surface area contributed by atoms with E-state index in [-0.39, 0.29) is 23.9 Å². The molecule has 0 unspecified atom stereocenters. The fourth-order valence-corrected chi connectivity index (χ4v) is 3.79. The average molecular weight is 415 g/mol. The van der Waals surface area contributed by atoms with Gasteiger partial charge in [-0.15, -0.1) is 0 Å². The highest BCUT2D eigenvalue weighted by Gasteiger charge is 2.23. The van der Waals surface area contributed by atoms with Crippen molar-refractivity contribution in [2.75, 3.05) is 0 Å². The van der Waals surface area contributed by atoms with Crippen LogP contribution in [0.3, 0.4) is 0 Å². The second kappa shape index (κ2) is 8.95. The van der Waals surface area contributed by atoms with Crippen LogP contribution in [0.25, 0.3) is 5.78 Å². The molecule has 0 radical (unpaired) electrons. The van der Waals surface area contributed by atoms with Crippen LogP contribution in [-0.4, -0.2) is 30.4 Å². The molecule has 1 amide bonds. The summed E-state index contributed by atoms with van der Waals surface area (Å²) < 4.78 is 1.31. The quantitative estimate of drug-likeness (QED) is 0.501. The zero-order valence-electron chi connectivity index (χ0n) is 17.7. The number of amides is 1. The van der Waals surface area contributed by atoms with Gasteiger partial charge < -0.3 is 4.90 Å². The number of hydrogen-bond acceptors (Lipinski definition) is 4. The minimum atomic E-state index is -0.210. The molecule has 0 fully saturated rings. The molecule has 0 bridgehead atoms. The van der Waals surface area contributed by atoms with Gasteiger partial charge in [-0.2, -0.15) is 4.52 Å². The van der Waals surface area contributed by atoms with Gasteiger partial charge in [0.2, 0.25) is 5.91 Å². The van der Waals surface area contributed by atoms with Crippen molar-refractivity contribution in [3.8, 4) is 0 Å². The summed E-state index contributed by atoms with van der Waals surface area (Å²) in [5.41, 5.74) is 3.07. The maximum Gasteiger partial charge on any atom is 0.277 e. The third kappa shape index (κ3) is 4.40. The number of nitrogens with zero attached hydrogens (tertiary/aromatic N) is 4. The van der Waals surface area contributed by atoms with Gasteiger partial charge in [0.1, 0.15) is 6.33 Å². The predicted octanol–water partition coefficient (Wildman–Crippen LogP) is 3.45. The number of carbonyl (C=O) groups excluding carboxylic acids is 1. The van der Waals surface area contributed by atoms with Gasteiger partial charge in [-0.1, -0.05) is 60.7 Å². The van der Waals surface area contributed by atoms with Crippen LogP contribution >= 0.6 is 0 Å². The minimum Gasteiger partial charge on any atom is -0.332 e. The molecule has 0 saturated heterocycles. The molecule has 0 saturated carbocycles. The molecule has 2 heterocycles. The normalized spacial score (nSPS) is 12.1. The Hall–Kier alpha value is -3.74. The van der Waals surface area contributed by atoms with E-state index in [1.807, 2.05) is 72.5 Å². The van der Waals surface area contributed by atoms with Crippen LogP contribution in [0.2, 0.25) is 0 Å². The zero-order valence-corrected chi connectivity index (χ0v) is 17.7. The molecule has 4 aromatic rings. The van der Waals surface area contributed by atoms with Gasteiger partial charge in [-0.3, -0.25) is 14.7 Å². The molecule has 158 valence electrons. The number of aryl methyl sites for hydroxylation is 1. The molecular formula is C24H25N5O2. The predicted molar refractivity (Wildman–Crippen MR) is 119 cm³/mol. The number of benzene rings is 2. The molecule has 0 aliphatic carbocycles. The fourth-order valence-electron chi connectivity index (χ4n) is 3.79. The lowest BCUT2D eigenvalue weighted by atomic mass is 10.0. The average Bonchev–Trinajstić information content (AvgIpc) is 3.26. The number of H-pyrrole nitrogens is 1. The molecule has 0 aliphatic rings. The summed E-state index contributed by atoms with van der Waals surface area (Å²) in [5.74, 6) is 0.328. The van der Waals surface area contributed by atoms with Crippen LogP contribution in [0.4, 0.5) is 0 Å². The summed E-state index contributed by atoms with van der Waals surface area (Å²) in [6.45, 7) is 4.32. The van der Waals surface area contributed by atoms with Gasteiger partial charge in [0.15, 0.2) is 0 Å².